The van der Waals surface area contributed by atoms with E-state index >= 15 is 0 Å². The van der Waals surface area contributed by atoms with E-state index in [1.807, 2.05) is 67.7 Å². The quantitative estimate of drug-likeness (QED) is 0.164. The number of carbonyl (C=O) groups is 3. The summed E-state index contributed by atoms with van der Waals surface area (Å²) in [6.07, 6.45) is 1.95. The average molecular weight is 669 g/mol. The van der Waals surface area contributed by atoms with Crippen molar-refractivity contribution in [2.45, 2.75) is 40.8 Å². The highest BCUT2D eigenvalue weighted by Gasteiger charge is 2.62. The first kappa shape index (κ1) is 29.2. The van der Waals surface area contributed by atoms with Gasteiger partial charge in [-0.2, -0.15) is 0 Å². The van der Waals surface area contributed by atoms with Crippen molar-refractivity contribution in [3.8, 4) is 0 Å². The van der Waals surface area contributed by atoms with Crippen LogP contribution in [0, 0.1) is 11.7 Å². The number of piperidine rings is 1. The van der Waals surface area contributed by atoms with Crippen molar-refractivity contribution in [2.24, 2.45) is 11.7 Å². The molecule has 5 rings (SSSR count). The highest BCUT2D eigenvalue weighted by molar-refractivity contribution is 14.1. The lowest BCUT2D eigenvalue weighted by atomic mass is 9.80. The van der Waals surface area contributed by atoms with Crippen LogP contribution in [0.25, 0.3) is 0 Å². The van der Waals surface area contributed by atoms with Crippen LogP contribution in [-0.2, 0) is 31.9 Å². The summed E-state index contributed by atoms with van der Waals surface area (Å²) in [5, 5.41) is 2.94. The summed E-state index contributed by atoms with van der Waals surface area (Å²) in [5.41, 5.74) is 6.80. The fourth-order valence-corrected chi connectivity index (χ4v) is 7.52. The summed E-state index contributed by atoms with van der Waals surface area (Å²) < 4.78 is 13.5. The number of amides is 3. The number of primary amides is 1. The summed E-state index contributed by atoms with van der Waals surface area (Å²) in [5.74, 6) is -1.90. The van der Waals surface area contributed by atoms with E-state index in [0.29, 0.717) is 25.9 Å². The van der Waals surface area contributed by atoms with Crippen molar-refractivity contribution in [3.05, 3.63) is 107 Å². The van der Waals surface area contributed by atoms with Gasteiger partial charge in [0.2, 0.25) is 5.91 Å². The highest BCUT2D eigenvalue weighted by Crippen LogP contribution is 2.56. The van der Waals surface area contributed by atoms with E-state index in [4.69, 9.17) is 5.73 Å². The second-order valence-electron chi connectivity index (χ2n) is 11.2. The van der Waals surface area contributed by atoms with Gasteiger partial charge in [0.1, 0.15) is 5.82 Å². The predicted molar refractivity (Wildman–Crippen MR) is 163 cm³/mol. The Morgan fingerprint density at radius 1 is 0.976 bits per heavy atom. The first-order chi connectivity index (χ1) is 19.6. The summed E-state index contributed by atoms with van der Waals surface area (Å²) >= 11 is 2.40. The fourth-order valence-electron chi connectivity index (χ4n) is 6.27. The maximum atomic E-state index is 14.0. The average Bonchev–Trinajstić information content (AvgIpc) is 3.71. The number of halogens is 2. The number of rotatable bonds is 8. The van der Waals surface area contributed by atoms with Crippen LogP contribution in [0.1, 0.15) is 36.0 Å². The molecular weight excluding hydrogens is 634 g/mol. The predicted octanol–water partition coefficient (Wildman–Crippen LogP) is 4.10. The Morgan fingerprint density at radius 2 is 1.59 bits per heavy atom. The van der Waals surface area contributed by atoms with E-state index in [0.717, 1.165) is 29.7 Å². The van der Waals surface area contributed by atoms with E-state index < -0.39 is 22.8 Å². The third kappa shape index (κ3) is 6.01. The second kappa shape index (κ2) is 11.9. The zero-order valence-electron chi connectivity index (χ0n) is 22.9. The third-order valence-corrected chi connectivity index (χ3v) is 9.78. The van der Waals surface area contributed by atoms with E-state index in [9.17, 15) is 18.8 Å². The number of alkyl halides is 1. The molecule has 0 bridgehead atoms. The molecule has 3 amide bonds. The molecule has 1 aliphatic carbocycles. The standard InChI is InChI=1S/C32H34FIN4O3/c1-37(20-22-12-14-26(33)15-13-22)30(41)32(24-10-6-3-7-11-24)18-25(32)21-38-17-16-31(19-27(38)34,36-29(40)28(35)39)23-8-4-2-5-9-23/h2-15,25,27H,16-21H2,1H3,(H2,35,39)(H,36,40). The first-order valence-corrected chi connectivity index (χ1v) is 15.0. The van der Waals surface area contributed by atoms with Gasteiger partial charge in [-0.15, -0.1) is 0 Å². The lowest BCUT2D eigenvalue weighted by molar-refractivity contribution is -0.139. The van der Waals surface area contributed by atoms with Crippen LogP contribution >= 0.6 is 22.6 Å². The molecule has 9 heteroatoms. The third-order valence-electron chi connectivity index (χ3n) is 8.55. The number of nitrogens with zero attached hydrogens (tertiary/aromatic N) is 2. The van der Waals surface area contributed by atoms with E-state index in [1.165, 1.54) is 12.1 Å². The van der Waals surface area contributed by atoms with Crippen molar-refractivity contribution in [2.75, 3.05) is 20.1 Å². The lowest BCUT2D eigenvalue weighted by Crippen LogP contribution is -2.57. The van der Waals surface area contributed by atoms with Crippen LogP contribution in [0.5, 0.6) is 0 Å². The largest absolute Gasteiger partial charge is 0.361 e. The van der Waals surface area contributed by atoms with Crippen LogP contribution < -0.4 is 11.1 Å². The minimum atomic E-state index is -0.998. The van der Waals surface area contributed by atoms with E-state index in [-0.39, 0.29) is 21.7 Å². The van der Waals surface area contributed by atoms with Crippen molar-refractivity contribution in [1.82, 2.24) is 15.1 Å². The van der Waals surface area contributed by atoms with Crippen molar-refractivity contribution >= 4 is 40.3 Å². The number of nitrogens with two attached hydrogens (primary N) is 1. The molecule has 3 N–H and O–H groups in total. The monoisotopic (exact) mass is 668 g/mol. The smallest absolute Gasteiger partial charge is 0.309 e. The number of carbonyl (C=O) groups excluding carboxylic acids is 3. The molecule has 4 atom stereocenters. The van der Waals surface area contributed by atoms with Gasteiger partial charge in [-0.1, -0.05) is 95.4 Å². The molecule has 214 valence electrons. The number of hydrogen-bond donors (Lipinski definition) is 2. The van der Waals surface area contributed by atoms with Crippen molar-refractivity contribution in [1.29, 1.82) is 0 Å². The van der Waals surface area contributed by atoms with E-state index in [1.54, 1.807) is 17.0 Å². The molecule has 1 heterocycles. The summed E-state index contributed by atoms with van der Waals surface area (Å²) in [6.45, 7) is 1.81. The van der Waals surface area contributed by atoms with Gasteiger partial charge < -0.3 is 16.0 Å². The Hall–Kier alpha value is -3.31. The van der Waals surface area contributed by atoms with Crippen molar-refractivity contribution in [3.63, 3.8) is 0 Å². The molecule has 1 saturated carbocycles. The SMILES string of the molecule is CN(Cc1ccc(F)cc1)C(=O)C1(c2ccccc2)CC1CN1CCC(NC(=O)C(N)=O)(c2ccccc2)CC1I. The molecule has 0 radical (unpaired) electrons. The highest BCUT2D eigenvalue weighted by atomic mass is 127. The van der Waals surface area contributed by atoms with Crippen LogP contribution in [0.2, 0.25) is 0 Å². The van der Waals surface area contributed by atoms with Crippen LogP contribution in [0.15, 0.2) is 84.9 Å². The lowest BCUT2D eigenvalue weighted by Gasteiger charge is -2.45. The maximum absolute atomic E-state index is 14.0. The molecule has 0 aromatic heterocycles. The van der Waals surface area contributed by atoms with Gasteiger partial charge in [-0.3, -0.25) is 19.3 Å². The molecule has 3 aromatic carbocycles. The molecule has 2 aliphatic rings. The van der Waals surface area contributed by atoms with Crippen LogP contribution in [-0.4, -0.2) is 51.7 Å². The van der Waals surface area contributed by atoms with Gasteiger partial charge in [-0.25, -0.2) is 4.39 Å². The number of likely N-dealkylation sites (tertiary alicyclic amines) is 1. The first-order valence-electron chi connectivity index (χ1n) is 13.8. The Kier molecular flexibility index (Phi) is 8.47. The molecule has 41 heavy (non-hydrogen) atoms. The fraction of sp³-hybridized carbons (Fsp3) is 0.344. The number of likely N-dealkylation sites (N-methyl/N-ethyl adjacent to an activating group) is 1. The number of hydrogen-bond acceptors (Lipinski definition) is 4. The molecule has 1 aliphatic heterocycles. The molecule has 3 aromatic rings. The summed E-state index contributed by atoms with van der Waals surface area (Å²) in [6, 6.07) is 25.9. The number of benzene rings is 3. The Morgan fingerprint density at radius 3 is 2.17 bits per heavy atom. The zero-order valence-corrected chi connectivity index (χ0v) is 25.1. The van der Waals surface area contributed by atoms with Gasteiger partial charge in [0.15, 0.2) is 0 Å². The molecule has 1 saturated heterocycles. The van der Waals surface area contributed by atoms with Gasteiger partial charge in [-0.05, 0) is 54.0 Å². The van der Waals surface area contributed by atoms with Gasteiger partial charge in [0.25, 0.3) is 0 Å². The Labute approximate surface area is 253 Å². The van der Waals surface area contributed by atoms with Crippen molar-refractivity contribution < 1.29 is 18.8 Å². The molecule has 2 fully saturated rings. The molecule has 7 nitrogen and oxygen atoms in total. The molecule has 0 spiro atoms. The van der Waals surface area contributed by atoms with Gasteiger partial charge in [0, 0.05) is 26.7 Å². The maximum Gasteiger partial charge on any atom is 0.309 e. The zero-order chi connectivity index (χ0) is 29.2. The normalized spacial score (nSPS) is 25.7. The van der Waals surface area contributed by atoms with Gasteiger partial charge >= 0.3 is 11.8 Å². The minimum absolute atomic E-state index is 0.0517. The van der Waals surface area contributed by atoms with Gasteiger partial charge in [0.05, 0.1) is 15.0 Å². The molecule has 4 unspecified atom stereocenters. The Bertz CT molecular complexity index is 1410. The van der Waals surface area contributed by atoms with Crippen LogP contribution in [0.4, 0.5) is 4.39 Å². The topological polar surface area (TPSA) is 95.7 Å². The minimum Gasteiger partial charge on any atom is -0.361 e. The summed E-state index contributed by atoms with van der Waals surface area (Å²) in [7, 11) is 1.81. The van der Waals surface area contributed by atoms with Crippen LogP contribution in [0.3, 0.4) is 0 Å². The van der Waals surface area contributed by atoms with E-state index in [2.05, 4.69) is 32.8 Å². The summed E-state index contributed by atoms with van der Waals surface area (Å²) in [4.78, 5) is 42.2. The second-order valence-corrected chi connectivity index (χ2v) is 12.6. The number of nitrogens with one attached hydrogen (secondary N) is 1. The Balaban J connectivity index is 1.34. The molecular formula is C32H34FIN4O3.